The first-order chi connectivity index (χ1) is 16.7. The van der Waals surface area contributed by atoms with Crippen molar-refractivity contribution in [2.45, 2.75) is 25.9 Å². The molecular weight excluding hydrogens is 554 g/mol. The third kappa shape index (κ3) is 6.27. The fraction of sp³-hybridized carbons (Fsp3) is 0.292. The Hall–Kier alpha value is -1.90. The van der Waals surface area contributed by atoms with E-state index in [-0.39, 0.29) is 39.8 Å². The highest BCUT2D eigenvalue weighted by Gasteiger charge is 2.37. The number of piperidine rings is 1. The van der Waals surface area contributed by atoms with Crippen LogP contribution in [0.5, 0.6) is 5.75 Å². The number of carbonyl (C=O) groups is 3. The molecule has 0 N–H and O–H groups in total. The minimum Gasteiger partial charge on any atom is -0.486 e. The lowest BCUT2D eigenvalue weighted by Crippen LogP contribution is -2.44. The van der Waals surface area contributed by atoms with E-state index in [1.54, 1.807) is 35.2 Å². The number of amides is 3. The number of nitrogens with zero attached hydrogens (tertiary/aromatic N) is 2. The summed E-state index contributed by atoms with van der Waals surface area (Å²) in [5.74, 6) is -0.478. The van der Waals surface area contributed by atoms with Crippen molar-refractivity contribution >= 4 is 81.3 Å². The van der Waals surface area contributed by atoms with E-state index in [0.717, 1.165) is 35.9 Å². The first kappa shape index (κ1) is 26.2. The van der Waals surface area contributed by atoms with Gasteiger partial charge in [0, 0.05) is 28.7 Å². The maximum absolute atomic E-state index is 12.8. The third-order valence-electron chi connectivity index (χ3n) is 5.58. The van der Waals surface area contributed by atoms with Gasteiger partial charge in [-0.25, -0.2) is 0 Å². The van der Waals surface area contributed by atoms with Crippen molar-refractivity contribution in [3.63, 3.8) is 0 Å². The van der Waals surface area contributed by atoms with Crippen LogP contribution in [0.4, 0.5) is 4.79 Å². The number of ether oxygens (including phenoxy) is 1. The monoisotopic (exact) mass is 572 g/mol. The van der Waals surface area contributed by atoms with Gasteiger partial charge in [-0.15, -0.1) is 0 Å². The second-order valence-electron chi connectivity index (χ2n) is 8.05. The van der Waals surface area contributed by atoms with Gasteiger partial charge < -0.3 is 9.64 Å². The van der Waals surface area contributed by atoms with E-state index in [1.165, 1.54) is 6.08 Å². The summed E-state index contributed by atoms with van der Waals surface area (Å²) in [5.41, 5.74) is 1.23. The Kier molecular flexibility index (Phi) is 8.55. The van der Waals surface area contributed by atoms with Crippen LogP contribution in [-0.2, 0) is 16.2 Å². The molecule has 0 aromatic heterocycles. The number of thioether (sulfide) groups is 1. The van der Waals surface area contributed by atoms with Gasteiger partial charge in [0.1, 0.15) is 13.2 Å². The molecule has 2 aromatic carbocycles. The van der Waals surface area contributed by atoms with Crippen molar-refractivity contribution in [1.29, 1.82) is 0 Å². The summed E-state index contributed by atoms with van der Waals surface area (Å²) >= 11 is 25.7. The highest BCUT2D eigenvalue weighted by molar-refractivity contribution is 8.18. The highest BCUT2D eigenvalue weighted by Crippen LogP contribution is 2.38. The molecule has 35 heavy (non-hydrogen) atoms. The number of benzene rings is 2. The van der Waals surface area contributed by atoms with Crippen LogP contribution in [0, 0.1) is 0 Å². The number of rotatable bonds is 6. The minimum atomic E-state index is -0.518. The predicted molar refractivity (Wildman–Crippen MR) is 140 cm³/mol. The lowest BCUT2D eigenvalue weighted by Gasteiger charge is -2.27. The van der Waals surface area contributed by atoms with E-state index < -0.39 is 11.1 Å². The van der Waals surface area contributed by atoms with Gasteiger partial charge in [0.05, 0.1) is 15.0 Å². The normalized spacial score (nSPS) is 17.4. The first-order valence-corrected chi connectivity index (χ1v) is 13.1. The summed E-state index contributed by atoms with van der Waals surface area (Å²) in [5, 5.41) is 0.945. The summed E-state index contributed by atoms with van der Waals surface area (Å²) < 4.78 is 5.77. The third-order valence-corrected chi connectivity index (χ3v) is 7.64. The van der Waals surface area contributed by atoms with Crippen LogP contribution in [0.25, 0.3) is 6.08 Å². The SMILES string of the molecule is O=C(CN1C(=O)S/C(=C\c2cc(Cl)c(OCc3ccc(Cl)cc3Cl)c(Cl)c2)C1=O)N1CCCCC1. The molecule has 3 amide bonds. The van der Waals surface area contributed by atoms with Gasteiger partial charge in [-0.05, 0) is 66.9 Å². The largest absolute Gasteiger partial charge is 0.486 e. The van der Waals surface area contributed by atoms with Gasteiger partial charge in [0.25, 0.3) is 11.1 Å². The molecule has 0 spiro atoms. The molecule has 0 saturated carbocycles. The second-order valence-corrected chi connectivity index (χ2v) is 10.7. The van der Waals surface area contributed by atoms with Gasteiger partial charge in [-0.2, -0.15) is 0 Å². The molecule has 0 bridgehead atoms. The molecule has 11 heteroatoms. The predicted octanol–water partition coefficient (Wildman–Crippen LogP) is 6.93. The molecule has 2 aliphatic rings. The van der Waals surface area contributed by atoms with Crippen molar-refractivity contribution in [1.82, 2.24) is 9.80 Å². The van der Waals surface area contributed by atoms with E-state index >= 15 is 0 Å². The summed E-state index contributed by atoms with van der Waals surface area (Å²) in [7, 11) is 0. The maximum atomic E-state index is 12.8. The Bertz CT molecular complexity index is 1190. The Morgan fingerprint density at radius 1 is 0.971 bits per heavy atom. The van der Waals surface area contributed by atoms with Crippen molar-refractivity contribution in [3.05, 3.63) is 66.5 Å². The molecule has 2 saturated heterocycles. The zero-order chi connectivity index (χ0) is 25.1. The van der Waals surface area contributed by atoms with E-state index in [0.29, 0.717) is 34.3 Å². The number of imide groups is 1. The molecule has 2 fully saturated rings. The number of hydrogen-bond acceptors (Lipinski definition) is 5. The lowest BCUT2D eigenvalue weighted by atomic mass is 10.1. The average molecular weight is 574 g/mol. The van der Waals surface area contributed by atoms with Crippen LogP contribution in [0.1, 0.15) is 30.4 Å². The van der Waals surface area contributed by atoms with E-state index in [9.17, 15) is 14.4 Å². The Morgan fingerprint density at radius 3 is 2.31 bits per heavy atom. The van der Waals surface area contributed by atoms with Crippen molar-refractivity contribution in [2.24, 2.45) is 0 Å². The molecule has 2 heterocycles. The minimum absolute atomic E-state index is 0.124. The number of halogens is 4. The van der Waals surface area contributed by atoms with Crippen LogP contribution >= 0.6 is 58.2 Å². The smallest absolute Gasteiger partial charge is 0.294 e. The summed E-state index contributed by atoms with van der Waals surface area (Å²) in [6, 6.07) is 8.22. The summed E-state index contributed by atoms with van der Waals surface area (Å²) in [6.07, 6.45) is 4.47. The van der Waals surface area contributed by atoms with Crippen molar-refractivity contribution < 1.29 is 19.1 Å². The van der Waals surface area contributed by atoms with Crippen LogP contribution < -0.4 is 4.74 Å². The summed E-state index contributed by atoms with van der Waals surface area (Å²) in [6.45, 7) is 1.17. The van der Waals surface area contributed by atoms with E-state index in [2.05, 4.69) is 0 Å². The highest BCUT2D eigenvalue weighted by atomic mass is 35.5. The topological polar surface area (TPSA) is 66.9 Å². The Balaban J connectivity index is 1.45. The molecular formula is C24H20Cl4N2O4S. The molecule has 2 aromatic rings. The fourth-order valence-electron chi connectivity index (χ4n) is 3.76. The van der Waals surface area contributed by atoms with Crippen LogP contribution in [0.3, 0.4) is 0 Å². The summed E-state index contributed by atoms with van der Waals surface area (Å²) in [4.78, 5) is 40.6. The number of likely N-dealkylation sites (tertiary alicyclic amines) is 1. The van der Waals surface area contributed by atoms with Gasteiger partial charge in [-0.1, -0.05) is 52.5 Å². The molecule has 4 rings (SSSR count). The molecule has 0 unspecified atom stereocenters. The van der Waals surface area contributed by atoms with Crippen molar-refractivity contribution in [2.75, 3.05) is 19.6 Å². The molecule has 0 aliphatic carbocycles. The lowest BCUT2D eigenvalue weighted by molar-refractivity contribution is -0.136. The number of carbonyl (C=O) groups excluding carboxylic acids is 3. The first-order valence-electron chi connectivity index (χ1n) is 10.8. The van der Waals surface area contributed by atoms with Crippen LogP contribution in [-0.4, -0.2) is 46.5 Å². The van der Waals surface area contributed by atoms with Crippen LogP contribution in [0.2, 0.25) is 20.1 Å². The van der Waals surface area contributed by atoms with E-state index in [1.807, 2.05) is 0 Å². The molecule has 0 atom stereocenters. The average Bonchev–Trinajstić information content (AvgIpc) is 3.07. The number of hydrogen-bond donors (Lipinski definition) is 0. The van der Waals surface area contributed by atoms with Crippen LogP contribution in [0.15, 0.2) is 35.2 Å². The Morgan fingerprint density at radius 2 is 1.66 bits per heavy atom. The van der Waals surface area contributed by atoms with Gasteiger partial charge in [-0.3, -0.25) is 19.3 Å². The zero-order valence-corrected chi connectivity index (χ0v) is 22.2. The molecule has 2 aliphatic heterocycles. The fourth-order valence-corrected chi connectivity index (χ4v) is 5.67. The standard InChI is InChI=1S/C24H20Cl4N2O4S/c25-16-5-4-15(17(26)11-16)13-34-22-18(27)8-14(9-19(22)28)10-20-23(32)30(24(33)35-20)12-21(31)29-6-2-1-3-7-29/h4-5,8-11H,1-3,6-7,12-13H2/b20-10-. The zero-order valence-electron chi connectivity index (χ0n) is 18.4. The quantitative estimate of drug-likeness (QED) is 0.351. The molecule has 184 valence electrons. The van der Waals surface area contributed by atoms with Gasteiger partial charge in [0.15, 0.2) is 5.75 Å². The molecule has 6 nitrogen and oxygen atoms in total. The molecule has 0 radical (unpaired) electrons. The van der Waals surface area contributed by atoms with Gasteiger partial charge >= 0.3 is 0 Å². The Labute approximate surface area is 227 Å². The second kappa shape index (κ2) is 11.4. The van der Waals surface area contributed by atoms with Crippen molar-refractivity contribution in [3.8, 4) is 5.75 Å². The van der Waals surface area contributed by atoms with E-state index in [4.69, 9.17) is 51.1 Å². The maximum Gasteiger partial charge on any atom is 0.294 e. The van der Waals surface area contributed by atoms with Gasteiger partial charge in [0.2, 0.25) is 5.91 Å².